The summed E-state index contributed by atoms with van der Waals surface area (Å²) >= 11 is 0. The smallest absolute Gasteiger partial charge is 0.310 e. The van der Waals surface area contributed by atoms with Gasteiger partial charge in [-0.25, -0.2) is 0 Å². The SMILES string of the molecule is [BH3-]C#N.[BH3-]C#N.[Ni+2].c1ccc(CNCCNCc2ccccn2)nc1. The maximum atomic E-state index is 7.43. The van der Waals surface area contributed by atoms with Gasteiger partial charge in [0.2, 0.25) is 0 Å². The minimum atomic E-state index is 0. The van der Waals surface area contributed by atoms with Gasteiger partial charge in [-0.05, 0) is 24.3 Å². The monoisotopic (exact) mass is 380 g/mol. The van der Waals surface area contributed by atoms with Gasteiger partial charge < -0.3 is 10.6 Å². The largest absolute Gasteiger partial charge is 2.00 e. The topological polar surface area (TPSA) is 97.4 Å². The number of nitrogens with zero attached hydrogens (tertiary/aromatic N) is 4. The van der Waals surface area contributed by atoms with Crippen molar-refractivity contribution in [2.75, 3.05) is 13.1 Å². The van der Waals surface area contributed by atoms with Gasteiger partial charge in [0.25, 0.3) is 0 Å². The van der Waals surface area contributed by atoms with Crippen molar-refractivity contribution in [3.8, 4) is 11.9 Å². The Balaban J connectivity index is 0. The zero-order valence-electron chi connectivity index (χ0n) is 12.6. The minimum absolute atomic E-state index is 0. The summed E-state index contributed by atoms with van der Waals surface area (Å²) in [5.41, 5.74) is 2.14. The van der Waals surface area contributed by atoms with Crippen LogP contribution in [0, 0.1) is 22.5 Å². The second-order valence-electron chi connectivity index (χ2n) is 4.00. The molecule has 0 amide bonds. The number of aromatic nitrogens is 2. The van der Waals surface area contributed by atoms with Gasteiger partial charge >= 0.3 is 16.5 Å². The van der Waals surface area contributed by atoms with Crippen molar-refractivity contribution in [2.45, 2.75) is 13.1 Å². The van der Waals surface area contributed by atoms with E-state index in [9.17, 15) is 0 Å². The molecule has 0 saturated heterocycles. The normalized spacial score (nSPS) is 8.16. The standard InChI is InChI=1S/C14H18N4.2CH3BN.Ni/c1-3-7-17-13(5-1)11-15-9-10-16-12-14-6-2-4-8-18-14;2*2-1-3;/h1-8,15-16H,9-12H2;2*2H3;/q;2*-1;+2. The Morgan fingerprint density at radius 1 is 0.800 bits per heavy atom. The third-order valence-electron chi connectivity index (χ3n) is 2.54. The van der Waals surface area contributed by atoms with E-state index in [1.54, 1.807) is 0 Å². The fourth-order valence-electron chi connectivity index (χ4n) is 1.62. The van der Waals surface area contributed by atoms with E-state index in [2.05, 4.69) is 20.6 Å². The molecule has 25 heavy (non-hydrogen) atoms. The van der Waals surface area contributed by atoms with Crippen molar-refractivity contribution in [3.05, 3.63) is 60.2 Å². The summed E-state index contributed by atoms with van der Waals surface area (Å²) in [6, 6.07) is 11.9. The summed E-state index contributed by atoms with van der Waals surface area (Å²) < 4.78 is 0. The van der Waals surface area contributed by atoms with Crippen LogP contribution in [0.25, 0.3) is 0 Å². The first-order valence-corrected chi connectivity index (χ1v) is 6.61. The molecule has 0 aromatic carbocycles. The van der Waals surface area contributed by atoms with Crippen LogP contribution in [0.3, 0.4) is 0 Å². The second kappa shape index (κ2) is 19.9. The third kappa shape index (κ3) is 16.5. The van der Waals surface area contributed by atoms with Crippen LogP contribution in [0.2, 0.25) is 0 Å². The van der Waals surface area contributed by atoms with Crippen LogP contribution in [0.15, 0.2) is 48.8 Å². The fraction of sp³-hybridized carbons (Fsp3) is 0.250. The van der Waals surface area contributed by atoms with Gasteiger partial charge in [0.15, 0.2) is 0 Å². The molecule has 9 heteroatoms. The van der Waals surface area contributed by atoms with Gasteiger partial charge in [0.05, 0.1) is 27.1 Å². The van der Waals surface area contributed by atoms with E-state index < -0.39 is 0 Å². The minimum Gasteiger partial charge on any atom is -0.310 e. The Labute approximate surface area is 161 Å². The van der Waals surface area contributed by atoms with E-state index in [1.807, 2.05) is 60.7 Å². The fourth-order valence-corrected chi connectivity index (χ4v) is 1.62. The van der Waals surface area contributed by atoms with Gasteiger partial charge in [0.1, 0.15) is 0 Å². The molecule has 134 valence electrons. The molecular weight excluding hydrogens is 357 g/mol. The van der Waals surface area contributed by atoms with Gasteiger partial charge in [0, 0.05) is 38.6 Å². The zero-order valence-corrected chi connectivity index (χ0v) is 13.5. The molecule has 0 spiro atoms. The van der Waals surface area contributed by atoms with Gasteiger partial charge in [-0.3, -0.25) is 20.5 Å². The van der Waals surface area contributed by atoms with Gasteiger partial charge in [-0.2, -0.15) is 11.9 Å². The van der Waals surface area contributed by atoms with E-state index in [0.717, 1.165) is 37.6 Å². The van der Waals surface area contributed by atoms with Crippen molar-refractivity contribution in [1.29, 1.82) is 10.5 Å². The average molecular weight is 381 g/mol. The summed E-state index contributed by atoms with van der Waals surface area (Å²) in [6.07, 6.45) is 3.63. The Morgan fingerprint density at radius 2 is 1.16 bits per heavy atom. The number of nitriles is 2. The van der Waals surface area contributed by atoms with Crippen molar-refractivity contribution in [2.24, 2.45) is 0 Å². The second-order valence-corrected chi connectivity index (χ2v) is 4.00. The van der Waals surface area contributed by atoms with Crippen molar-refractivity contribution < 1.29 is 16.5 Å². The van der Waals surface area contributed by atoms with Crippen molar-refractivity contribution >= 4 is 15.7 Å². The number of pyridine rings is 2. The Kier molecular flexibility index (Phi) is 19.9. The molecule has 0 aliphatic carbocycles. The number of hydrogen-bond acceptors (Lipinski definition) is 6. The first-order chi connectivity index (χ1) is 11.8. The van der Waals surface area contributed by atoms with Gasteiger partial charge in [-0.1, -0.05) is 12.1 Å². The molecule has 0 aliphatic heterocycles. The molecule has 0 atom stereocenters. The first-order valence-electron chi connectivity index (χ1n) is 6.61. The number of hydrogen-bond donors (Lipinski definition) is 2. The maximum absolute atomic E-state index is 7.43. The molecule has 0 unspecified atom stereocenters. The maximum Gasteiger partial charge on any atom is 2.00 e. The molecule has 0 bridgehead atoms. The Bertz CT molecular complexity index is 546. The molecule has 2 heterocycles. The average Bonchev–Trinajstić information content (AvgIpc) is 2.61. The van der Waals surface area contributed by atoms with E-state index in [-0.39, 0.29) is 32.2 Å². The van der Waals surface area contributed by atoms with Crippen LogP contribution < -0.4 is 10.6 Å². The van der Waals surface area contributed by atoms with Crippen LogP contribution >= 0.6 is 0 Å². The third-order valence-corrected chi connectivity index (χ3v) is 2.54. The predicted molar refractivity (Wildman–Crippen MR) is 103 cm³/mol. The van der Waals surface area contributed by atoms with E-state index >= 15 is 0 Å². The molecule has 0 saturated carbocycles. The molecular formula is C16H24B2N6Ni. The van der Waals surface area contributed by atoms with Crippen LogP contribution in [-0.4, -0.2) is 38.8 Å². The van der Waals surface area contributed by atoms with Crippen LogP contribution in [-0.2, 0) is 29.6 Å². The first kappa shape index (κ1) is 25.1. The Hall–Kier alpha value is -2.18. The van der Waals surface area contributed by atoms with Crippen LogP contribution in [0.5, 0.6) is 0 Å². The molecule has 6 nitrogen and oxygen atoms in total. The van der Waals surface area contributed by atoms with Gasteiger partial charge in [-0.15, -0.1) is 0 Å². The van der Waals surface area contributed by atoms with Crippen molar-refractivity contribution in [1.82, 2.24) is 20.6 Å². The summed E-state index contributed by atoms with van der Waals surface area (Å²) in [7, 11) is 0.139. The summed E-state index contributed by atoms with van der Waals surface area (Å²) in [5, 5.41) is 21.5. The number of rotatable bonds is 7. The molecule has 2 aromatic heterocycles. The van der Waals surface area contributed by atoms with E-state index in [1.165, 1.54) is 0 Å². The quantitative estimate of drug-likeness (QED) is 0.473. The molecule has 0 fully saturated rings. The summed E-state index contributed by atoms with van der Waals surface area (Å²) in [5.74, 6) is 4.00. The molecule has 0 radical (unpaired) electrons. The van der Waals surface area contributed by atoms with Crippen LogP contribution in [0.4, 0.5) is 0 Å². The predicted octanol–water partition coefficient (Wildman–Crippen LogP) is -0.981. The summed E-state index contributed by atoms with van der Waals surface area (Å²) in [6.45, 7) is 3.46. The molecule has 2 N–H and O–H groups in total. The molecule has 0 aliphatic rings. The van der Waals surface area contributed by atoms with E-state index in [0.29, 0.717) is 0 Å². The summed E-state index contributed by atoms with van der Waals surface area (Å²) in [4.78, 5) is 8.50. The van der Waals surface area contributed by atoms with E-state index in [4.69, 9.17) is 10.5 Å². The number of nitrogens with one attached hydrogen (secondary N) is 2. The molecule has 2 rings (SSSR count). The molecule has 2 aromatic rings. The Morgan fingerprint density at radius 3 is 1.44 bits per heavy atom. The van der Waals surface area contributed by atoms with Crippen LogP contribution in [0.1, 0.15) is 11.4 Å². The zero-order chi connectivity index (χ0) is 17.9. The van der Waals surface area contributed by atoms with Crippen molar-refractivity contribution in [3.63, 3.8) is 0 Å².